The molecule has 180 valence electrons. The number of thioether (sulfide) groups is 1. The lowest BCUT2D eigenvalue weighted by Gasteiger charge is -2.32. The first-order chi connectivity index (χ1) is 17.7. The summed E-state index contributed by atoms with van der Waals surface area (Å²) in [7, 11) is 0. The average molecular weight is 493 g/mol. The van der Waals surface area contributed by atoms with Crippen molar-refractivity contribution < 1.29 is 9.53 Å². The van der Waals surface area contributed by atoms with Gasteiger partial charge in [0.05, 0.1) is 4.91 Å². The molecule has 3 aromatic rings. The molecule has 5 heteroatoms. The van der Waals surface area contributed by atoms with Gasteiger partial charge in [0.25, 0.3) is 5.91 Å². The fourth-order valence-electron chi connectivity index (χ4n) is 5.12. The van der Waals surface area contributed by atoms with Crippen LogP contribution >= 0.6 is 11.8 Å². The van der Waals surface area contributed by atoms with Gasteiger partial charge in [0, 0.05) is 18.7 Å². The van der Waals surface area contributed by atoms with Crippen molar-refractivity contribution in [2.24, 2.45) is 10.9 Å². The molecule has 0 aromatic heterocycles. The van der Waals surface area contributed by atoms with Crippen LogP contribution in [0, 0.1) is 5.92 Å². The van der Waals surface area contributed by atoms with E-state index in [2.05, 4.69) is 58.4 Å². The summed E-state index contributed by atoms with van der Waals surface area (Å²) < 4.78 is 6.40. The Bertz CT molecular complexity index is 1340. The average Bonchev–Trinajstić information content (AvgIpc) is 3.29. The van der Waals surface area contributed by atoms with Crippen LogP contribution in [0.3, 0.4) is 0 Å². The van der Waals surface area contributed by atoms with Crippen molar-refractivity contribution in [3.8, 4) is 5.75 Å². The van der Waals surface area contributed by atoms with Crippen molar-refractivity contribution in [3.05, 3.63) is 118 Å². The highest BCUT2D eigenvalue weighted by Gasteiger charge is 2.31. The van der Waals surface area contributed by atoms with Gasteiger partial charge in [-0.3, -0.25) is 4.79 Å². The molecule has 0 spiro atoms. The van der Waals surface area contributed by atoms with Gasteiger partial charge in [0.15, 0.2) is 5.17 Å². The van der Waals surface area contributed by atoms with E-state index in [4.69, 9.17) is 4.74 Å². The molecule has 4 nitrogen and oxygen atoms in total. The summed E-state index contributed by atoms with van der Waals surface area (Å²) in [5, 5.41) is 0.832. The quantitative estimate of drug-likeness (QED) is 0.381. The summed E-state index contributed by atoms with van der Waals surface area (Å²) in [6.07, 6.45) is 7.19. The summed E-state index contributed by atoms with van der Waals surface area (Å²) in [6, 6.07) is 28.9. The van der Waals surface area contributed by atoms with Crippen LogP contribution in [0.25, 0.3) is 6.08 Å². The number of para-hydroxylation sites is 1. The number of aliphatic imine (C=N–C) groups is 1. The van der Waals surface area contributed by atoms with E-state index in [1.165, 1.54) is 17.3 Å². The third kappa shape index (κ3) is 4.89. The number of carbonyl (C=O) groups excluding carboxylic acids is 1. The molecule has 3 aliphatic heterocycles. The summed E-state index contributed by atoms with van der Waals surface area (Å²) in [4.78, 5) is 20.3. The molecule has 6 rings (SSSR count). The summed E-state index contributed by atoms with van der Waals surface area (Å²) in [6.45, 7) is 1.88. The van der Waals surface area contributed by atoms with E-state index in [1.807, 2.05) is 48.5 Å². The van der Waals surface area contributed by atoms with Gasteiger partial charge in [0.2, 0.25) is 0 Å². The number of hydrogen-bond donors (Lipinski definition) is 0. The SMILES string of the molecule is O=C1N=C(N2CCC(Cc3ccccc3)CC2)SC1=CC1=Cc2ccccc2OC1c1ccccc1. The lowest BCUT2D eigenvalue weighted by atomic mass is 9.90. The second kappa shape index (κ2) is 10.2. The minimum absolute atomic E-state index is 0.159. The molecule has 3 aliphatic rings. The minimum atomic E-state index is -0.264. The van der Waals surface area contributed by atoms with Gasteiger partial charge < -0.3 is 9.64 Å². The van der Waals surface area contributed by atoms with Gasteiger partial charge in [-0.15, -0.1) is 0 Å². The number of benzene rings is 3. The third-order valence-corrected chi connectivity index (χ3v) is 8.09. The number of hydrogen-bond acceptors (Lipinski definition) is 4. The predicted molar refractivity (Wildman–Crippen MR) is 147 cm³/mol. The largest absolute Gasteiger partial charge is 0.480 e. The van der Waals surface area contributed by atoms with Crippen LogP contribution in [-0.4, -0.2) is 29.1 Å². The first kappa shape index (κ1) is 22.9. The molecule has 1 atom stereocenters. The van der Waals surface area contributed by atoms with Crippen LogP contribution in [0.4, 0.5) is 0 Å². The second-order valence-corrected chi connectivity index (χ2v) is 10.5. The minimum Gasteiger partial charge on any atom is -0.480 e. The normalized spacial score (nSPS) is 21.1. The number of carbonyl (C=O) groups is 1. The van der Waals surface area contributed by atoms with E-state index >= 15 is 0 Å². The molecule has 0 aliphatic carbocycles. The molecule has 3 aromatic carbocycles. The summed E-state index contributed by atoms with van der Waals surface area (Å²) in [5.74, 6) is 1.37. The monoisotopic (exact) mass is 492 g/mol. The lowest BCUT2D eigenvalue weighted by molar-refractivity contribution is -0.113. The molecule has 1 unspecified atom stereocenters. The fraction of sp³-hybridized carbons (Fsp3) is 0.226. The number of ether oxygens (including phenoxy) is 1. The van der Waals surface area contributed by atoms with Crippen LogP contribution in [0.15, 0.2) is 106 Å². The summed E-state index contributed by atoms with van der Waals surface area (Å²) >= 11 is 1.49. The molecule has 0 bridgehead atoms. The van der Waals surface area contributed by atoms with Gasteiger partial charge in [-0.05, 0) is 71.9 Å². The third-order valence-electron chi connectivity index (χ3n) is 7.05. The lowest BCUT2D eigenvalue weighted by Crippen LogP contribution is -2.37. The molecule has 36 heavy (non-hydrogen) atoms. The van der Waals surface area contributed by atoms with E-state index in [9.17, 15) is 4.79 Å². The number of nitrogens with zero attached hydrogens (tertiary/aromatic N) is 2. The molecule has 0 N–H and O–H groups in total. The number of rotatable bonds is 4. The highest BCUT2D eigenvalue weighted by molar-refractivity contribution is 8.18. The first-order valence-corrected chi connectivity index (χ1v) is 13.4. The zero-order chi connectivity index (χ0) is 24.3. The molecule has 1 amide bonds. The van der Waals surface area contributed by atoms with Crippen LogP contribution in [0.1, 0.15) is 35.6 Å². The number of likely N-dealkylation sites (tertiary alicyclic amines) is 1. The second-order valence-electron chi connectivity index (χ2n) is 9.52. The Morgan fingerprint density at radius 2 is 1.61 bits per heavy atom. The van der Waals surface area contributed by atoms with Crippen molar-refractivity contribution in [1.29, 1.82) is 0 Å². The highest BCUT2D eigenvalue weighted by atomic mass is 32.2. The maximum atomic E-state index is 12.9. The molecule has 1 saturated heterocycles. The topological polar surface area (TPSA) is 41.9 Å². The Balaban J connectivity index is 1.17. The molecule has 3 heterocycles. The van der Waals surface area contributed by atoms with Crippen LogP contribution < -0.4 is 4.74 Å². The fourth-order valence-corrected chi connectivity index (χ4v) is 6.09. The number of amides is 1. The van der Waals surface area contributed by atoms with Crippen molar-refractivity contribution in [3.63, 3.8) is 0 Å². The highest BCUT2D eigenvalue weighted by Crippen LogP contribution is 2.40. The van der Waals surface area contributed by atoms with Gasteiger partial charge in [-0.1, -0.05) is 78.9 Å². The van der Waals surface area contributed by atoms with Gasteiger partial charge in [-0.25, -0.2) is 0 Å². The van der Waals surface area contributed by atoms with E-state index in [-0.39, 0.29) is 12.0 Å². The Labute approximate surface area is 216 Å². The van der Waals surface area contributed by atoms with E-state index in [0.29, 0.717) is 10.8 Å². The van der Waals surface area contributed by atoms with E-state index < -0.39 is 0 Å². The smallest absolute Gasteiger partial charge is 0.286 e. The number of amidine groups is 1. The van der Waals surface area contributed by atoms with Crippen molar-refractivity contribution in [2.75, 3.05) is 13.1 Å². The zero-order valence-electron chi connectivity index (χ0n) is 20.0. The maximum absolute atomic E-state index is 12.9. The Kier molecular flexibility index (Phi) is 6.48. The van der Waals surface area contributed by atoms with Crippen molar-refractivity contribution in [1.82, 2.24) is 4.90 Å². The van der Waals surface area contributed by atoms with Crippen LogP contribution in [0.5, 0.6) is 5.75 Å². The molecule has 0 radical (unpaired) electrons. The van der Waals surface area contributed by atoms with E-state index in [0.717, 1.165) is 60.0 Å². The predicted octanol–water partition coefficient (Wildman–Crippen LogP) is 6.67. The number of fused-ring (bicyclic) bond motifs is 1. The van der Waals surface area contributed by atoms with Crippen LogP contribution in [0.2, 0.25) is 0 Å². The molecule has 1 fully saturated rings. The van der Waals surface area contributed by atoms with Gasteiger partial charge in [-0.2, -0.15) is 4.99 Å². The van der Waals surface area contributed by atoms with Crippen molar-refractivity contribution in [2.45, 2.75) is 25.4 Å². The zero-order valence-corrected chi connectivity index (χ0v) is 20.9. The van der Waals surface area contributed by atoms with E-state index in [1.54, 1.807) is 0 Å². The van der Waals surface area contributed by atoms with Gasteiger partial charge in [0.1, 0.15) is 11.9 Å². The Morgan fingerprint density at radius 1 is 0.917 bits per heavy atom. The molecule has 0 saturated carbocycles. The first-order valence-electron chi connectivity index (χ1n) is 12.6. The summed E-state index contributed by atoms with van der Waals surface area (Å²) in [5.41, 5.74) is 4.45. The van der Waals surface area contributed by atoms with Crippen molar-refractivity contribution >= 4 is 28.9 Å². The van der Waals surface area contributed by atoms with Crippen LogP contribution in [-0.2, 0) is 11.2 Å². The molecular formula is C31H28N2O2S. The number of piperidine rings is 1. The van der Waals surface area contributed by atoms with Gasteiger partial charge >= 0.3 is 0 Å². The Morgan fingerprint density at radius 3 is 2.39 bits per heavy atom. The maximum Gasteiger partial charge on any atom is 0.286 e. The Hall–Kier alpha value is -3.57. The standard InChI is InChI=1S/C31H28N2O2S/c34-30-28(36-31(32-30)33-17-15-23(16-18-33)19-22-9-3-1-4-10-22)21-26-20-25-13-7-8-14-27(25)35-29(26)24-11-5-2-6-12-24/h1-14,20-21,23,29H,15-19H2. The molecular weight excluding hydrogens is 464 g/mol.